The molecule has 0 unspecified atom stereocenters. The topological polar surface area (TPSA) is 20.3 Å². The van der Waals surface area contributed by atoms with Gasteiger partial charge in [0.1, 0.15) is 0 Å². The molecule has 0 saturated heterocycles. The van der Waals surface area contributed by atoms with Gasteiger partial charge in [-0.1, -0.05) is 0 Å². The van der Waals surface area contributed by atoms with E-state index in [9.17, 15) is 4.79 Å². The van der Waals surface area contributed by atoms with Gasteiger partial charge in [-0.3, -0.25) is 4.79 Å². The van der Waals surface area contributed by atoms with E-state index in [-0.39, 0.29) is 5.91 Å². The van der Waals surface area contributed by atoms with Crippen molar-refractivity contribution in [2.75, 3.05) is 24.8 Å². The standard InChI is InChI=1S/C12H15Cl2NOS/c13-4-6-15(7-5-14)12(16)11-8-9-2-1-3-10(9)17-11/h8H,1-7H2. The highest BCUT2D eigenvalue weighted by Crippen LogP contribution is 2.31. The summed E-state index contributed by atoms with van der Waals surface area (Å²) in [6.07, 6.45) is 3.46. The predicted molar refractivity (Wildman–Crippen MR) is 73.7 cm³/mol. The van der Waals surface area contributed by atoms with Gasteiger partial charge in [-0.05, 0) is 30.9 Å². The van der Waals surface area contributed by atoms with Gasteiger partial charge in [0.05, 0.1) is 4.88 Å². The van der Waals surface area contributed by atoms with Gasteiger partial charge >= 0.3 is 0 Å². The van der Waals surface area contributed by atoms with E-state index in [2.05, 4.69) is 0 Å². The second kappa shape index (κ2) is 6.07. The molecule has 94 valence electrons. The van der Waals surface area contributed by atoms with Crippen LogP contribution in [0.3, 0.4) is 0 Å². The normalized spacial score (nSPS) is 13.8. The molecule has 1 aliphatic rings. The van der Waals surface area contributed by atoms with Crippen molar-refractivity contribution in [2.45, 2.75) is 19.3 Å². The summed E-state index contributed by atoms with van der Waals surface area (Å²) in [4.78, 5) is 16.2. The summed E-state index contributed by atoms with van der Waals surface area (Å²) in [5.41, 5.74) is 1.36. The molecule has 0 radical (unpaired) electrons. The smallest absolute Gasteiger partial charge is 0.264 e. The number of carbonyl (C=O) groups excluding carboxylic acids is 1. The highest BCUT2D eigenvalue weighted by atomic mass is 35.5. The molecular formula is C12H15Cl2NOS. The largest absolute Gasteiger partial charge is 0.336 e. The molecule has 0 aromatic carbocycles. The number of hydrogen-bond donors (Lipinski definition) is 0. The van der Waals surface area contributed by atoms with Gasteiger partial charge in [0.15, 0.2) is 0 Å². The summed E-state index contributed by atoms with van der Waals surface area (Å²) < 4.78 is 0. The first kappa shape index (κ1) is 13.2. The highest BCUT2D eigenvalue weighted by molar-refractivity contribution is 7.14. The van der Waals surface area contributed by atoms with Crippen molar-refractivity contribution < 1.29 is 4.79 Å². The fourth-order valence-corrected chi connectivity index (χ4v) is 3.74. The Balaban J connectivity index is 2.11. The number of hydrogen-bond acceptors (Lipinski definition) is 2. The zero-order valence-electron chi connectivity index (χ0n) is 9.55. The minimum Gasteiger partial charge on any atom is -0.336 e. The lowest BCUT2D eigenvalue weighted by Gasteiger charge is -2.19. The predicted octanol–water partition coefficient (Wildman–Crippen LogP) is 3.16. The number of nitrogens with zero attached hydrogens (tertiary/aromatic N) is 1. The summed E-state index contributed by atoms with van der Waals surface area (Å²) in [5.74, 6) is 0.979. The van der Waals surface area contributed by atoms with E-state index in [1.54, 1.807) is 16.2 Å². The molecule has 0 saturated carbocycles. The Labute approximate surface area is 116 Å². The molecule has 1 aromatic heterocycles. The Morgan fingerprint density at radius 1 is 1.29 bits per heavy atom. The van der Waals surface area contributed by atoms with Crippen LogP contribution in [0.5, 0.6) is 0 Å². The van der Waals surface area contributed by atoms with E-state index >= 15 is 0 Å². The summed E-state index contributed by atoms with van der Waals surface area (Å²) in [6.45, 7) is 1.13. The van der Waals surface area contributed by atoms with Gasteiger partial charge in [-0.25, -0.2) is 0 Å². The second-order valence-corrected chi connectivity index (χ2v) is 5.98. The molecule has 17 heavy (non-hydrogen) atoms. The van der Waals surface area contributed by atoms with Crippen LogP contribution in [-0.4, -0.2) is 35.7 Å². The van der Waals surface area contributed by atoms with Crippen LogP contribution in [-0.2, 0) is 12.8 Å². The van der Waals surface area contributed by atoms with Crippen molar-refractivity contribution in [2.24, 2.45) is 0 Å². The lowest BCUT2D eigenvalue weighted by molar-refractivity contribution is 0.0780. The third-order valence-electron chi connectivity index (χ3n) is 2.95. The maximum atomic E-state index is 12.2. The van der Waals surface area contributed by atoms with Crippen LogP contribution in [0.15, 0.2) is 6.07 Å². The van der Waals surface area contributed by atoms with Crippen molar-refractivity contribution in [3.8, 4) is 0 Å². The number of halogens is 2. The van der Waals surface area contributed by atoms with E-state index in [1.807, 2.05) is 6.07 Å². The van der Waals surface area contributed by atoms with E-state index in [0.29, 0.717) is 24.8 Å². The summed E-state index contributed by atoms with van der Waals surface area (Å²) in [5, 5.41) is 0. The van der Waals surface area contributed by atoms with Crippen molar-refractivity contribution in [1.82, 2.24) is 4.90 Å². The first-order valence-electron chi connectivity index (χ1n) is 5.79. The molecule has 5 heteroatoms. The van der Waals surface area contributed by atoms with Gasteiger partial charge in [0.2, 0.25) is 0 Å². The van der Waals surface area contributed by atoms with E-state index in [0.717, 1.165) is 17.7 Å². The SMILES string of the molecule is O=C(c1cc2c(s1)CCC2)N(CCCl)CCCl. The molecule has 1 heterocycles. The zero-order valence-corrected chi connectivity index (χ0v) is 11.9. The van der Waals surface area contributed by atoms with Crippen LogP contribution in [0, 0.1) is 0 Å². The van der Waals surface area contributed by atoms with E-state index in [1.165, 1.54) is 16.9 Å². The highest BCUT2D eigenvalue weighted by Gasteiger charge is 2.21. The maximum absolute atomic E-state index is 12.2. The third-order valence-corrected chi connectivity index (χ3v) is 4.52. The van der Waals surface area contributed by atoms with Crippen molar-refractivity contribution >= 4 is 40.4 Å². The van der Waals surface area contributed by atoms with Crippen molar-refractivity contribution in [1.29, 1.82) is 0 Å². The quantitative estimate of drug-likeness (QED) is 0.763. The summed E-state index contributed by atoms with van der Waals surface area (Å²) >= 11 is 13.0. The van der Waals surface area contributed by atoms with Crippen molar-refractivity contribution in [3.63, 3.8) is 0 Å². The van der Waals surface area contributed by atoms with Crippen LogP contribution in [0.25, 0.3) is 0 Å². The minimum absolute atomic E-state index is 0.0747. The number of aryl methyl sites for hydroxylation is 2. The number of rotatable bonds is 5. The van der Waals surface area contributed by atoms with Crippen LogP contribution in [0.4, 0.5) is 0 Å². The first-order chi connectivity index (χ1) is 8.26. The number of amides is 1. The van der Waals surface area contributed by atoms with Crippen LogP contribution in [0.2, 0.25) is 0 Å². The first-order valence-corrected chi connectivity index (χ1v) is 7.67. The number of thiophene rings is 1. The van der Waals surface area contributed by atoms with Crippen LogP contribution < -0.4 is 0 Å². The Morgan fingerprint density at radius 2 is 2.00 bits per heavy atom. The summed E-state index contributed by atoms with van der Waals surface area (Å²) in [6, 6.07) is 2.05. The molecule has 0 bridgehead atoms. The Bertz CT molecular complexity index is 378. The van der Waals surface area contributed by atoms with E-state index in [4.69, 9.17) is 23.2 Å². The Kier molecular flexibility index (Phi) is 4.71. The lowest BCUT2D eigenvalue weighted by Crippen LogP contribution is -2.33. The summed E-state index contributed by atoms with van der Waals surface area (Å²) in [7, 11) is 0. The Morgan fingerprint density at radius 3 is 2.59 bits per heavy atom. The fourth-order valence-electron chi connectivity index (χ4n) is 2.11. The molecule has 0 N–H and O–H groups in total. The average molecular weight is 292 g/mol. The van der Waals surface area contributed by atoms with Crippen LogP contribution >= 0.6 is 34.5 Å². The monoisotopic (exact) mass is 291 g/mol. The average Bonchev–Trinajstić information content (AvgIpc) is 2.87. The third kappa shape index (κ3) is 2.95. The molecule has 2 nitrogen and oxygen atoms in total. The molecule has 0 spiro atoms. The van der Waals surface area contributed by atoms with Gasteiger partial charge in [0.25, 0.3) is 5.91 Å². The molecule has 1 aliphatic carbocycles. The van der Waals surface area contributed by atoms with Gasteiger partial charge < -0.3 is 4.90 Å². The minimum atomic E-state index is 0.0747. The van der Waals surface area contributed by atoms with Crippen molar-refractivity contribution in [3.05, 3.63) is 21.4 Å². The molecule has 2 rings (SSSR count). The van der Waals surface area contributed by atoms with Gasteiger partial charge in [-0.15, -0.1) is 34.5 Å². The number of carbonyl (C=O) groups is 1. The lowest BCUT2D eigenvalue weighted by atomic mass is 10.2. The maximum Gasteiger partial charge on any atom is 0.264 e. The molecule has 0 atom stereocenters. The van der Waals surface area contributed by atoms with E-state index < -0.39 is 0 Å². The van der Waals surface area contributed by atoms with Gasteiger partial charge in [0, 0.05) is 29.7 Å². The number of alkyl halides is 2. The molecule has 0 fully saturated rings. The molecule has 1 aromatic rings. The zero-order chi connectivity index (χ0) is 12.3. The van der Waals surface area contributed by atoms with Gasteiger partial charge in [-0.2, -0.15) is 0 Å². The van der Waals surface area contributed by atoms with Crippen LogP contribution in [0.1, 0.15) is 26.5 Å². The molecule has 1 amide bonds. The molecule has 0 aliphatic heterocycles. The Hall–Kier alpha value is -0.250. The fraction of sp³-hybridized carbons (Fsp3) is 0.583. The second-order valence-electron chi connectivity index (χ2n) is 4.08. The number of fused-ring (bicyclic) bond motifs is 1. The molecular weight excluding hydrogens is 277 g/mol.